The molecule has 0 saturated carbocycles. The lowest BCUT2D eigenvalue weighted by Crippen LogP contribution is -2.33. The predicted octanol–water partition coefficient (Wildman–Crippen LogP) is -0.677. The van der Waals surface area contributed by atoms with Gasteiger partial charge < -0.3 is 21.7 Å². The number of hydrogen-bond acceptors (Lipinski definition) is 5. The molecule has 5 N–H and O–H groups in total. The Morgan fingerprint density at radius 3 is 2.00 bits per heavy atom. The molecule has 1 aromatic heterocycles. The van der Waals surface area contributed by atoms with Crippen LogP contribution in [0.1, 0.15) is 17.0 Å². The molecule has 94 valence electrons. The lowest BCUT2D eigenvalue weighted by molar-refractivity contribution is 0.565. The van der Waals surface area contributed by atoms with Crippen molar-refractivity contribution in [3.63, 3.8) is 0 Å². The summed E-state index contributed by atoms with van der Waals surface area (Å²) in [5.74, 6) is 0. The highest BCUT2D eigenvalue weighted by molar-refractivity contribution is 5.21. The maximum Gasteiger partial charge on any atom is 0.0548 e. The molecular formula is C12H21N5. The van der Waals surface area contributed by atoms with Crippen LogP contribution in [-0.4, -0.2) is 31.2 Å². The topological polar surface area (TPSA) is 75.0 Å². The molecule has 1 aliphatic heterocycles. The minimum atomic E-state index is 0.573. The Hall–Kier alpha value is -1.01. The fourth-order valence-electron chi connectivity index (χ4n) is 1.93. The van der Waals surface area contributed by atoms with Crippen LogP contribution in [0.5, 0.6) is 0 Å². The summed E-state index contributed by atoms with van der Waals surface area (Å²) in [6.45, 7) is 6.10. The van der Waals surface area contributed by atoms with E-state index in [1.54, 1.807) is 0 Å². The normalized spacial score (nSPS) is 18.2. The molecule has 2 bridgehead atoms. The van der Waals surface area contributed by atoms with Crippen LogP contribution in [0.15, 0.2) is 12.1 Å². The van der Waals surface area contributed by atoms with Crippen LogP contribution in [0.3, 0.4) is 0 Å². The van der Waals surface area contributed by atoms with Crippen LogP contribution in [-0.2, 0) is 19.6 Å². The number of nitrogens with one attached hydrogen (secondary N) is 3. The molecule has 2 rings (SSSR count). The minimum absolute atomic E-state index is 0.573. The molecule has 17 heavy (non-hydrogen) atoms. The quantitative estimate of drug-likeness (QED) is 0.519. The van der Waals surface area contributed by atoms with Crippen LogP contribution in [0.25, 0.3) is 0 Å². The van der Waals surface area contributed by atoms with E-state index in [0.717, 1.165) is 56.2 Å². The maximum absolute atomic E-state index is 5.70. The number of pyridine rings is 1. The van der Waals surface area contributed by atoms with Gasteiger partial charge in [0.15, 0.2) is 0 Å². The second-order valence-electron chi connectivity index (χ2n) is 4.27. The van der Waals surface area contributed by atoms with Crippen LogP contribution in [0.4, 0.5) is 0 Å². The summed E-state index contributed by atoms with van der Waals surface area (Å²) < 4.78 is 0. The number of aromatic nitrogens is 1. The first-order valence-electron chi connectivity index (χ1n) is 6.19. The zero-order chi connectivity index (χ0) is 11.9. The maximum atomic E-state index is 5.70. The standard InChI is InChI=1S/C12H21N5/c13-7-10-5-11-8-15-3-1-14-2-4-16-9-12(6-10)17-11/h5-6,14-16H,1-4,7-9,13H2. The van der Waals surface area contributed by atoms with Crippen molar-refractivity contribution >= 4 is 0 Å². The van der Waals surface area contributed by atoms with Gasteiger partial charge >= 0.3 is 0 Å². The van der Waals surface area contributed by atoms with E-state index in [2.05, 4.69) is 33.1 Å². The van der Waals surface area contributed by atoms with Gasteiger partial charge in [0, 0.05) is 45.8 Å². The van der Waals surface area contributed by atoms with Crippen molar-refractivity contribution in [2.24, 2.45) is 5.73 Å². The Morgan fingerprint density at radius 2 is 1.47 bits per heavy atom. The van der Waals surface area contributed by atoms with Gasteiger partial charge in [0.05, 0.1) is 11.4 Å². The molecule has 2 heterocycles. The van der Waals surface area contributed by atoms with Crippen LogP contribution in [0.2, 0.25) is 0 Å². The highest BCUT2D eigenvalue weighted by Crippen LogP contribution is 2.06. The first-order valence-corrected chi connectivity index (χ1v) is 6.19. The SMILES string of the molecule is NCc1cc2nc(c1)CNCCNCCNC2. The number of hydrogen-bond donors (Lipinski definition) is 4. The van der Waals surface area contributed by atoms with Crippen LogP contribution in [0, 0.1) is 0 Å². The molecule has 5 nitrogen and oxygen atoms in total. The molecule has 0 amide bonds. The van der Waals surface area contributed by atoms with Crippen molar-refractivity contribution in [3.8, 4) is 0 Å². The second-order valence-corrected chi connectivity index (χ2v) is 4.27. The molecule has 0 aliphatic carbocycles. The van der Waals surface area contributed by atoms with Crippen LogP contribution < -0.4 is 21.7 Å². The van der Waals surface area contributed by atoms with E-state index >= 15 is 0 Å². The van der Waals surface area contributed by atoms with Gasteiger partial charge in [-0.2, -0.15) is 0 Å². The Labute approximate surface area is 102 Å². The summed E-state index contributed by atoms with van der Waals surface area (Å²) in [7, 11) is 0. The van der Waals surface area contributed by atoms with Crippen molar-refractivity contribution in [3.05, 3.63) is 29.1 Å². The summed E-state index contributed by atoms with van der Waals surface area (Å²) in [6, 6.07) is 4.16. The van der Waals surface area contributed by atoms with Gasteiger partial charge in [-0.3, -0.25) is 4.98 Å². The summed E-state index contributed by atoms with van der Waals surface area (Å²) in [5, 5.41) is 10.1. The van der Waals surface area contributed by atoms with Gasteiger partial charge in [0.25, 0.3) is 0 Å². The lowest BCUT2D eigenvalue weighted by atomic mass is 10.2. The molecule has 0 atom stereocenters. The third kappa shape index (κ3) is 4.05. The fraction of sp³-hybridized carbons (Fsp3) is 0.583. The summed E-state index contributed by atoms with van der Waals surface area (Å²) >= 11 is 0. The lowest BCUT2D eigenvalue weighted by Gasteiger charge is -2.12. The van der Waals surface area contributed by atoms with Gasteiger partial charge in [-0.25, -0.2) is 0 Å². The first-order chi connectivity index (χ1) is 8.38. The van der Waals surface area contributed by atoms with Crippen molar-refractivity contribution < 1.29 is 0 Å². The second kappa shape index (κ2) is 6.66. The van der Waals surface area contributed by atoms with E-state index in [1.807, 2.05) is 0 Å². The van der Waals surface area contributed by atoms with Gasteiger partial charge in [-0.1, -0.05) is 0 Å². The van der Waals surface area contributed by atoms with Crippen molar-refractivity contribution in [1.29, 1.82) is 0 Å². The molecule has 0 fully saturated rings. The smallest absolute Gasteiger partial charge is 0.0548 e. The van der Waals surface area contributed by atoms with Crippen molar-refractivity contribution in [2.75, 3.05) is 26.2 Å². The zero-order valence-corrected chi connectivity index (χ0v) is 10.1. The van der Waals surface area contributed by atoms with E-state index in [9.17, 15) is 0 Å². The van der Waals surface area contributed by atoms with Crippen molar-refractivity contribution in [1.82, 2.24) is 20.9 Å². The number of nitrogens with two attached hydrogens (primary N) is 1. The van der Waals surface area contributed by atoms with Gasteiger partial charge in [0.1, 0.15) is 0 Å². The summed E-state index contributed by atoms with van der Waals surface area (Å²) in [4.78, 5) is 4.61. The number of fused-ring (bicyclic) bond motifs is 2. The molecule has 5 heteroatoms. The van der Waals surface area contributed by atoms with E-state index in [1.165, 1.54) is 0 Å². The fourth-order valence-corrected chi connectivity index (χ4v) is 1.93. The summed E-state index contributed by atoms with van der Waals surface area (Å²) in [5.41, 5.74) is 9.01. The third-order valence-electron chi connectivity index (χ3n) is 2.80. The Balaban J connectivity index is 2.11. The van der Waals surface area contributed by atoms with E-state index in [4.69, 9.17) is 5.73 Å². The molecule has 0 spiro atoms. The molecule has 0 unspecified atom stereocenters. The number of nitrogens with zero attached hydrogens (tertiary/aromatic N) is 1. The Kier molecular flexibility index (Phi) is 4.88. The average molecular weight is 235 g/mol. The van der Waals surface area contributed by atoms with Crippen molar-refractivity contribution in [2.45, 2.75) is 19.6 Å². The molecule has 0 radical (unpaired) electrons. The number of rotatable bonds is 1. The van der Waals surface area contributed by atoms with E-state index in [0.29, 0.717) is 6.54 Å². The highest BCUT2D eigenvalue weighted by atomic mass is 15.0. The van der Waals surface area contributed by atoms with Gasteiger partial charge in [-0.15, -0.1) is 0 Å². The van der Waals surface area contributed by atoms with Gasteiger partial charge in [-0.05, 0) is 17.7 Å². The Bertz CT molecular complexity index is 324. The summed E-state index contributed by atoms with van der Waals surface area (Å²) in [6.07, 6.45) is 0. The van der Waals surface area contributed by atoms with Crippen LogP contribution >= 0.6 is 0 Å². The zero-order valence-electron chi connectivity index (χ0n) is 10.1. The van der Waals surface area contributed by atoms with E-state index in [-0.39, 0.29) is 0 Å². The highest BCUT2D eigenvalue weighted by Gasteiger charge is 2.03. The molecule has 1 aromatic rings. The monoisotopic (exact) mass is 235 g/mol. The largest absolute Gasteiger partial charge is 0.326 e. The van der Waals surface area contributed by atoms with Gasteiger partial charge in [0.2, 0.25) is 0 Å². The molecule has 1 aliphatic rings. The van der Waals surface area contributed by atoms with E-state index < -0.39 is 0 Å². The Morgan fingerprint density at radius 1 is 0.941 bits per heavy atom. The molecule has 0 saturated heterocycles. The molecular weight excluding hydrogens is 214 g/mol. The first kappa shape index (κ1) is 12.4. The third-order valence-corrected chi connectivity index (χ3v) is 2.80. The minimum Gasteiger partial charge on any atom is -0.326 e. The average Bonchev–Trinajstić information content (AvgIpc) is 2.35. The predicted molar refractivity (Wildman–Crippen MR) is 68.4 cm³/mol. The molecule has 0 aromatic carbocycles.